The average molecular weight is 1200 g/mol. The van der Waals surface area contributed by atoms with Crippen molar-refractivity contribution in [1.29, 1.82) is 0 Å². The van der Waals surface area contributed by atoms with Crippen LogP contribution in [-0.2, 0) is 0 Å². The van der Waals surface area contributed by atoms with Gasteiger partial charge in [-0.15, -0.1) is 0 Å². The summed E-state index contributed by atoms with van der Waals surface area (Å²) < 4.78 is 15.1. The predicted octanol–water partition coefficient (Wildman–Crippen LogP) is 18.6. The summed E-state index contributed by atoms with van der Waals surface area (Å²) in [6.45, 7) is 0. The Balaban J connectivity index is 0.000000138. The second kappa shape index (κ2) is 23.8. The van der Waals surface area contributed by atoms with E-state index < -0.39 is 0 Å². The zero-order chi connectivity index (χ0) is 47.5. The standard InChI is InChI=1S/C18H10BrClO.C18H12BrClO.C12H9BClO3.C6H4Br2/c19-15-5-2-6-16-17(15)14-4-1-3-13(18(14)21-16)11-7-9-12(20)10-8-11;19-17-7-2-1-4-15(17)16-6-3-5-14(18(16)21)12-8-10-13(20)11-9-12;14-9-6-4-8(5-7-9)10-2-1-3-11(12(10)15)17-13-16;7-5-3-1-2-4-6(5)8/h1-10H;1-11,21H;1-7,15-16H;1-4H. The summed E-state index contributed by atoms with van der Waals surface area (Å²) in [5.41, 5.74) is 8.89. The summed E-state index contributed by atoms with van der Waals surface area (Å²) in [5.74, 6) is 0.437. The van der Waals surface area contributed by atoms with Crippen LogP contribution in [-0.4, -0.2) is 22.9 Å². The van der Waals surface area contributed by atoms with Gasteiger partial charge in [0.1, 0.15) is 22.7 Å². The molecule has 0 fully saturated rings. The molecule has 1 heterocycles. The molecule has 0 saturated carbocycles. The number of hydrogen-bond acceptors (Lipinski definition) is 5. The number of phenolic OH excluding ortho intramolecular Hbond substituents is 2. The second-order valence-electron chi connectivity index (χ2n) is 14.4. The molecule has 13 heteroatoms. The van der Waals surface area contributed by atoms with Gasteiger partial charge in [-0.3, -0.25) is 0 Å². The summed E-state index contributed by atoms with van der Waals surface area (Å²) in [4.78, 5) is 0. The lowest BCUT2D eigenvalue weighted by Crippen LogP contribution is -2.00. The van der Waals surface area contributed by atoms with E-state index in [-0.39, 0.29) is 17.2 Å². The molecule has 9 aromatic carbocycles. The van der Waals surface area contributed by atoms with E-state index >= 15 is 0 Å². The van der Waals surface area contributed by atoms with Gasteiger partial charge in [0.2, 0.25) is 0 Å². The summed E-state index contributed by atoms with van der Waals surface area (Å²) in [7, 11) is 0.528. The minimum atomic E-state index is -0.0277. The highest BCUT2D eigenvalue weighted by molar-refractivity contribution is 9.13. The maximum Gasteiger partial charge on any atom is 0.569 e. The molecule has 3 N–H and O–H groups in total. The lowest BCUT2D eigenvalue weighted by molar-refractivity contribution is 0.411. The predicted molar refractivity (Wildman–Crippen MR) is 293 cm³/mol. The van der Waals surface area contributed by atoms with Gasteiger partial charge in [0, 0.05) is 66.0 Å². The van der Waals surface area contributed by atoms with E-state index in [9.17, 15) is 10.2 Å². The topological polar surface area (TPSA) is 83.1 Å². The summed E-state index contributed by atoms with van der Waals surface area (Å²) in [6.07, 6.45) is 0. The second-order valence-corrected chi connectivity index (χ2v) is 19.1. The quantitative estimate of drug-likeness (QED) is 0.145. The van der Waals surface area contributed by atoms with Crippen molar-refractivity contribution in [3.63, 3.8) is 0 Å². The molecule has 1 radical (unpaired) electrons. The maximum absolute atomic E-state index is 10.6. The molecule has 0 saturated heterocycles. The summed E-state index contributed by atoms with van der Waals surface area (Å²) >= 11 is 31.5. The largest absolute Gasteiger partial charge is 0.569 e. The molecule has 0 unspecified atom stereocenters. The summed E-state index contributed by atoms with van der Waals surface area (Å²) in [6, 6.07) is 61.1. The van der Waals surface area contributed by atoms with Crippen LogP contribution in [0.2, 0.25) is 15.1 Å². The number of fused-ring (bicyclic) bond motifs is 3. The van der Waals surface area contributed by atoms with E-state index in [0.717, 1.165) is 83.8 Å². The lowest BCUT2D eigenvalue weighted by atomic mass is 9.97. The van der Waals surface area contributed by atoms with Gasteiger partial charge in [-0.25, -0.2) is 0 Å². The SMILES string of the molecule is Brc1ccccc1Br.Clc1ccc(-c2cccc3c2oc2cccc(Br)c23)cc1.O[B]Oc1cccc(-c2ccc(Cl)cc2)c1O.Oc1c(-c2ccc(Cl)cc2)cccc1-c1ccccc1Br. The minimum Gasteiger partial charge on any atom is -0.535 e. The number of benzene rings is 9. The van der Waals surface area contributed by atoms with E-state index in [4.69, 9.17) is 48.9 Å². The van der Waals surface area contributed by atoms with E-state index in [1.807, 2.05) is 133 Å². The Kier molecular flexibility index (Phi) is 17.7. The smallest absolute Gasteiger partial charge is 0.535 e. The minimum absolute atomic E-state index is 0.0277. The first-order valence-corrected chi connectivity index (χ1v) is 24.5. The molecule has 67 heavy (non-hydrogen) atoms. The molecule has 10 rings (SSSR count). The van der Waals surface area contributed by atoms with Crippen LogP contribution in [0.4, 0.5) is 0 Å². The van der Waals surface area contributed by atoms with Crippen LogP contribution in [0.3, 0.4) is 0 Å². The third kappa shape index (κ3) is 12.6. The van der Waals surface area contributed by atoms with Crippen LogP contribution in [0.25, 0.3) is 66.4 Å². The molecule has 1 aromatic heterocycles. The first kappa shape index (κ1) is 49.9. The number of rotatable bonds is 6. The average Bonchev–Trinajstić information content (AvgIpc) is 3.73. The third-order valence-electron chi connectivity index (χ3n) is 10.1. The van der Waals surface area contributed by atoms with Crippen molar-refractivity contribution in [1.82, 2.24) is 0 Å². The Morgan fingerprint density at radius 3 is 1.36 bits per heavy atom. The van der Waals surface area contributed by atoms with Gasteiger partial charge >= 0.3 is 7.69 Å². The maximum atomic E-state index is 10.6. The van der Waals surface area contributed by atoms with Crippen LogP contribution in [0.15, 0.2) is 216 Å². The molecule has 0 aliphatic rings. The van der Waals surface area contributed by atoms with E-state index in [1.54, 1.807) is 42.5 Å². The van der Waals surface area contributed by atoms with Crippen molar-refractivity contribution in [3.05, 3.63) is 227 Å². The van der Waals surface area contributed by atoms with Crippen LogP contribution >= 0.6 is 98.5 Å². The number of furan rings is 1. The number of halogens is 7. The Labute approximate surface area is 437 Å². The van der Waals surface area contributed by atoms with Gasteiger partial charge < -0.3 is 24.3 Å². The van der Waals surface area contributed by atoms with Gasteiger partial charge in [-0.2, -0.15) is 0 Å². The van der Waals surface area contributed by atoms with Gasteiger partial charge in [-0.05, 0) is 127 Å². The fraction of sp³-hybridized carbons (Fsp3) is 0. The van der Waals surface area contributed by atoms with Crippen molar-refractivity contribution >= 4 is 128 Å². The van der Waals surface area contributed by atoms with Crippen LogP contribution < -0.4 is 4.65 Å². The molecule has 5 nitrogen and oxygen atoms in total. The fourth-order valence-electron chi connectivity index (χ4n) is 6.94. The molecule has 0 aliphatic carbocycles. The van der Waals surface area contributed by atoms with E-state index in [2.05, 4.69) is 81.9 Å². The first-order chi connectivity index (χ1) is 32.4. The molecule has 10 aromatic rings. The highest BCUT2D eigenvalue weighted by atomic mass is 79.9. The number of para-hydroxylation sites is 3. The Morgan fingerprint density at radius 2 is 0.821 bits per heavy atom. The van der Waals surface area contributed by atoms with Crippen molar-refractivity contribution in [2.75, 3.05) is 0 Å². The monoisotopic (exact) mass is 1190 g/mol. The van der Waals surface area contributed by atoms with Gasteiger partial charge in [0.15, 0.2) is 5.75 Å². The Hall–Kier alpha value is -5.01. The van der Waals surface area contributed by atoms with E-state index in [0.29, 0.717) is 23.3 Å². The van der Waals surface area contributed by atoms with Crippen LogP contribution in [0, 0.1) is 0 Å². The van der Waals surface area contributed by atoms with Crippen molar-refractivity contribution in [2.45, 2.75) is 0 Å². The van der Waals surface area contributed by atoms with Gasteiger partial charge in [-0.1, -0.05) is 188 Å². The highest BCUT2D eigenvalue weighted by Gasteiger charge is 2.15. The van der Waals surface area contributed by atoms with Crippen molar-refractivity contribution in [2.24, 2.45) is 0 Å². The van der Waals surface area contributed by atoms with Crippen LogP contribution in [0.1, 0.15) is 0 Å². The van der Waals surface area contributed by atoms with Crippen molar-refractivity contribution in [3.8, 4) is 61.8 Å². The van der Waals surface area contributed by atoms with Gasteiger partial charge in [0.25, 0.3) is 0 Å². The van der Waals surface area contributed by atoms with E-state index in [1.165, 1.54) is 0 Å². The molecule has 0 atom stereocenters. The zero-order valence-corrected chi connectivity index (χ0v) is 43.5. The molecule has 0 amide bonds. The first-order valence-electron chi connectivity index (χ1n) is 20.2. The molecular weight excluding hydrogens is 1170 g/mol. The molecule has 0 bridgehead atoms. The normalized spacial score (nSPS) is 10.5. The molecule has 0 spiro atoms. The Bertz CT molecular complexity index is 3240. The number of phenols is 2. The molecule has 333 valence electrons. The number of hydrogen-bond donors (Lipinski definition) is 3. The zero-order valence-electron chi connectivity index (χ0n) is 34.9. The highest BCUT2D eigenvalue weighted by Crippen LogP contribution is 2.42. The van der Waals surface area contributed by atoms with Gasteiger partial charge in [0.05, 0.1) is 0 Å². The fourth-order valence-corrected chi connectivity index (χ4v) is 8.95. The lowest BCUT2D eigenvalue weighted by Gasteiger charge is -2.11. The molecule has 0 aliphatic heterocycles. The number of aromatic hydroxyl groups is 2. The third-order valence-corrected chi connectivity index (χ3v) is 14.2. The molecular formula is C54H35BBr4Cl3O5. The Morgan fingerprint density at radius 1 is 0.403 bits per heavy atom. The van der Waals surface area contributed by atoms with Crippen LogP contribution in [0.5, 0.6) is 17.2 Å². The van der Waals surface area contributed by atoms with Crippen molar-refractivity contribution < 1.29 is 24.3 Å². The summed E-state index contributed by atoms with van der Waals surface area (Å²) in [5, 5.41) is 33.4.